The van der Waals surface area contributed by atoms with Crippen molar-refractivity contribution in [3.05, 3.63) is 71.5 Å². The number of anilines is 2. The zero-order valence-corrected chi connectivity index (χ0v) is 22.7. The van der Waals surface area contributed by atoms with E-state index in [1.165, 1.54) is 12.1 Å². The molecule has 0 spiro atoms. The Morgan fingerprint density at radius 3 is 2.57 bits per heavy atom. The second-order valence-electron chi connectivity index (χ2n) is 9.33. The molecule has 0 unspecified atom stereocenters. The number of morpholine rings is 1. The van der Waals surface area contributed by atoms with Gasteiger partial charge >= 0.3 is 0 Å². The van der Waals surface area contributed by atoms with E-state index in [1.807, 2.05) is 27.2 Å². The molecule has 0 amide bonds. The maximum atomic E-state index is 13.4. The minimum Gasteiger partial charge on any atom is -0.379 e. The van der Waals surface area contributed by atoms with Gasteiger partial charge in [-0.25, -0.2) is 13.4 Å². The standard InChI is InChI=1S/C27H30ClN5O3S/c1-31(2)21-8-4-6-19(16-21)25-24(18-33-12-14-36-15-13-33)32(3)27-26(25)23(10-11-29-27)30-37(34,35)22-9-5-7-20(28)17-22/h4-11,16-17H,12-15,18H2,1-3H3,(H,29,30). The average Bonchev–Trinajstić information content (AvgIpc) is 3.17. The minimum atomic E-state index is -3.89. The molecule has 194 valence electrons. The molecule has 0 aliphatic carbocycles. The van der Waals surface area contributed by atoms with E-state index < -0.39 is 10.0 Å². The van der Waals surface area contributed by atoms with Gasteiger partial charge in [0, 0.05) is 68.9 Å². The molecule has 10 heteroatoms. The lowest BCUT2D eigenvalue weighted by Gasteiger charge is -2.27. The van der Waals surface area contributed by atoms with Gasteiger partial charge < -0.3 is 14.2 Å². The summed E-state index contributed by atoms with van der Waals surface area (Å²) in [6.07, 6.45) is 1.64. The number of rotatable bonds is 7. The maximum absolute atomic E-state index is 13.4. The van der Waals surface area contributed by atoms with Crippen molar-refractivity contribution in [1.29, 1.82) is 0 Å². The summed E-state index contributed by atoms with van der Waals surface area (Å²) in [7, 11) is 2.11. The number of nitrogens with one attached hydrogen (secondary N) is 1. The Labute approximate surface area is 222 Å². The van der Waals surface area contributed by atoms with Gasteiger partial charge in [0.1, 0.15) is 5.65 Å². The summed E-state index contributed by atoms with van der Waals surface area (Å²) in [5.74, 6) is 0. The van der Waals surface area contributed by atoms with Crippen molar-refractivity contribution in [3.8, 4) is 11.1 Å². The van der Waals surface area contributed by atoms with Crippen molar-refractivity contribution in [1.82, 2.24) is 14.5 Å². The monoisotopic (exact) mass is 539 g/mol. The quantitative estimate of drug-likeness (QED) is 0.370. The molecule has 5 rings (SSSR count). The van der Waals surface area contributed by atoms with Crippen LogP contribution in [0.15, 0.2) is 65.7 Å². The Morgan fingerprint density at radius 2 is 1.84 bits per heavy atom. The molecule has 37 heavy (non-hydrogen) atoms. The van der Waals surface area contributed by atoms with E-state index in [9.17, 15) is 8.42 Å². The third-order valence-corrected chi connectivity index (χ3v) is 8.27. The smallest absolute Gasteiger partial charge is 0.261 e. The highest BCUT2D eigenvalue weighted by Gasteiger charge is 2.25. The SMILES string of the molecule is CN(C)c1cccc(-c2c(CN3CCOCC3)n(C)c3nccc(NS(=O)(=O)c4cccc(Cl)c4)c23)c1. The van der Waals surface area contributed by atoms with Crippen LogP contribution in [0.2, 0.25) is 5.02 Å². The van der Waals surface area contributed by atoms with Crippen molar-refractivity contribution in [2.45, 2.75) is 11.4 Å². The van der Waals surface area contributed by atoms with Gasteiger partial charge in [0.05, 0.1) is 29.2 Å². The number of nitrogens with zero attached hydrogens (tertiary/aromatic N) is 4. The number of benzene rings is 2. The lowest BCUT2D eigenvalue weighted by Crippen LogP contribution is -2.36. The number of halogens is 1. The first-order chi connectivity index (χ1) is 17.7. The fraction of sp³-hybridized carbons (Fsp3) is 0.296. The molecule has 8 nitrogen and oxygen atoms in total. The highest BCUT2D eigenvalue weighted by Crippen LogP contribution is 2.40. The molecule has 0 radical (unpaired) electrons. The Kier molecular flexibility index (Phi) is 7.13. The van der Waals surface area contributed by atoms with Crippen molar-refractivity contribution >= 4 is 44.0 Å². The summed E-state index contributed by atoms with van der Waals surface area (Å²) in [5.41, 5.74) is 5.26. The van der Waals surface area contributed by atoms with Gasteiger partial charge in [-0.15, -0.1) is 0 Å². The Bertz CT molecular complexity index is 1550. The third kappa shape index (κ3) is 5.17. The summed E-state index contributed by atoms with van der Waals surface area (Å²) in [6, 6.07) is 16.2. The van der Waals surface area contributed by atoms with E-state index in [0.29, 0.717) is 36.1 Å². The maximum Gasteiger partial charge on any atom is 0.261 e. The Hall–Kier alpha value is -3.11. The van der Waals surface area contributed by atoms with Crippen molar-refractivity contribution in [2.75, 3.05) is 50.0 Å². The second-order valence-corrected chi connectivity index (χ2v) is 11.5. The number of ether oxygens (including phenoxy) is 1. The van der Waals surface area contributed by atoms with Crippen LogP contribution in [-0.4, -0.2) is 63.3 Å². The number of aromatic nitrogens is 2. The molecule has 0 bridgehead atoms. The molecule has 1 fully saturated rings. The van der Waals surface area contributed by atoms with Gasteiger partial charge in [0.25, 0.3) is 10.0 Å². The molecule has 3 heterocycles. The van der Waals surface area contributed by atoms with Crippen molar-refractivity contribution in [3.63, 3.8) is 0 Å². The van der Waals surface area contributed by atoms with Crippen LogP contribution in [0.1, 0.15) is 5.69 Å². The lowest BCUT2D eigenvalue weighted by atomic mass is 10.0. The number of hydrogen-bond donors (Lipinski definition) is 1. The average molecular weight is 540 g/mol. The highest BCUT2D eigenvalue weighted by atomic mass is 35.5. The summed E-state index contributed by atoms with van der Waals surface area (Å²) in [4.78, 5) is 9.18. The van der Waals surface area contributed by atoms with E-state index in [-0.39, 0.29) is 4.90 Å². The zero-order valence-electron chi connectivity index (χ0n) is 21.1. The first-order valence-corrected chi connectivity index (χ1v) is 13.9. The molecule has 2 aromatic heterocycles. The fourth-order valence-corrected chi connectivity index (χ4v) is 6.09. The molecule has 1 N–H and O–H groups in total. The summed E-state index contributed by atoms with van der Waals surface area (Å²) >= 11 is 6.09. The van der Waals surface area contributed by atoms with Gasteiger partial charge in [-0.2, -0.15) is 0 Å². The normalized spacial score (nSPS) is 14.7. The largest absolute Gasteiger partial charge is 0.379 e. The first kappa shape index (κ1) is 25.5. The van der Waals surface area contributed by atoms with E-state index in [0.717, 1.165) is 41.0 Å². The van der Waals surface area contributed by atoms with Crippen LogP contribution in [-0.2, 0) is 28.4 Å². The predicted molar refractivity (Wildman–Crippen MR) is 149 cm³/mol. The molecule has 0 atom stereocenters. The Morgan fingerprint density at radius 1 is 1.08 bits per heavy atom. The van der Waals surface area contributed by atoms with E-state index in [2.05, 4.69) is 42.3 Å². The van der Waals surface area contributed by atoms with Crippen molar-refractivity contribution < 1.29 is 13.2 Å². The van der Waals surface area contributed by atoms with Crippen LogP contribution in [0.3, 0.4) is 0 Å². The molecule has 1 aliphatic rings. The fourth-order valence-electron chi connectivity index (χ4n) is 4.72. The summed E-state index contributed by atoms with van der Waals surface area (Å²) < 4.78 is 37.2. The van der Waals surface area contributed by atoms with E-state index in [4.69, 9.17) is 16.3 Å². The van der Waals surface area contributed by atoms with E-state index in [1.54, 1.807) is 24.4 Å². The predicted octanol–water partition coefficient (Wildman–Crippen LogP) is 4.59. The number of sulfonamides is 1. The molecule has 1 saturated heterocycles. The topological polar surface area (TPSA) is 79.7 Å². The zero-order chi connectivity index (χ0) is 26.2. The summed E-state index contributed by atoms with van der Waals surface area (Å²) in [6.45, 7) is 3.75. The molecule has 0 saturated carbocycles. The van der Waals surface area contributed by atoms with Gasteiger partial charge in [0.15, 0.2) is 0 Å². The van der Waals surface area contributed by atoms with Gasteiger partial charge in [-0.1, -0.05) is 29.8 Å². The third-order valence-electron chi connectivity index (χ3n) is 6.67. The van der Waals surface area contributed by atoms with Gasteiger partial charge in [-0.3, -0.25) is 9.62 Å². The molecule has 4 aromatic rings. The van der Waals surface area contributed by atoms with Crippen LogP contribution in [0.25, 0.3) is 22.2 Å². The number of fused-ring (bicyclic) bond motifs is 1. The minimum absolute atomic E-state index is 0.102. The van der Waals surface area contributed by atoms with Crippen LogP contribution < -0.4 is 9.62 Å². The highest BCUT2D eigenvalue weighted by molar-refractivity contribution is 7.92. The molecule has 2 aromatic carbocycles. The van der Waals surface area contributed by atoms with Gasteiger partial charge in [-0.05, 0) is 42.0 Å². The van der Waals surface area contributed by atoms with E-state index >= 15 is 0 Å². The summed E-state index contributed by atoms with van der Waals surface area (Å²) in [5, 5.41) is 1.12. The van der Waals surface area contributed by atoms with Crippen LogP contribution in [0.5, 0.6) is 0 Å². The number of pyridine rings is 1. The Balaban J connectivity index is 1.70. The lowest BCUT2D eigenvalue weighted by molar-refractivity contribution is 0.0334. The first-order valence-electron chi connectivity index (χ1n) is 12.1. The van der Waals surface area contributed by atoms with Gasteiger partial charge in [0.2, 0.25) is 0 Å². The number of aryl methyl sites for hydroxylation is 1. The molecular formula is C27H30ClN5O3S. The number of hydrogen-bond acceptors (Lipinski definition) is 6. The molecular weight excluding hydrogens is 510 g/mol. The van der Waals surface area contributed by atoms with Crippen LogP contribution in [0, 0.1) is 0 Å². The van der Waals surface area contributed by atoms with Crippen LogP contribution in [0.4, 0.5) is 11.4 Å². The molecule has 1 aliphatic heterocycles. The second kappa shape index (κ2) is 10.3. The van der Waals surface area contributed by atoms with Crippen molar-refractivity contribution in [2.24, 2.45) is 7.05 Å². The van der Waals surface area contributed by atoms with Crippen LogP contribution >= 0.6 is 11.6 Å².